The van der Waals surface area contributed by atoms with E-state index >= 15 is 0 Å². The van der Waals surface area contributed by atoms with Gasteiger partial charge in [-0.05, 0) is 63.0 Å². The monoisotopic (exact) mass is 346 g/mol. The normalized spacial score (nSPS) is 16.4. The maximum absolute atomic E-state index is 3.47. The van der Waals surface area contributed by atoms with Gasteiger partial charge in [0.2, 0.25) is 0 Å². The van der Waals surface area contributed by atoms with Gasteiger partial charge in [0.25, 0.3) is 0 Å². The molecule has 0 radical (unpaired) electrons. The van der Waals surface area contributed by atoms with Crippen molar-refractivity contribution in [3.63, 3.8) is 0 Å². The first-order valence-corrected chi connectivity index (χ1v) is 7.67. The fourth-order valence-corrected chi connectivity index (χ4v) is 2.83. The van der Waals surface area contributed by atoms with Crippen LogP contribution < -0.4 is 5.32 Å². The number of nitrogens with zero attached hydrogens (tertiary/aromatic N) is 1. The van der Waals surface area contributed by atoms with E-state index in [1.54, 1.807) is 0 Å². The van der Waals surface area contributed by atoms with Crippen molar-refractivity contribution in [1.82, 2.24) is 10.2 Å². The molecule has 0 atom stereocenters. The van der Waals surface area contributed by atoms with Crippen LogP contribution in [0.2, 0.25) is 0 Å². The molecule has 2 nitrogen and oxygen atoms in total. The molecule has 0 amide bonds. The van der Waals surface area contributed by atoms with Gasteiger partial charge in [0.15, 0.2) is 0 Å². The molecule has 1 saturated heterocycles. The number of likely N-dealkylation sites (N-methyl/N-ethyl adjacent to an activating group) is 1. The molecule has 0 spiro atoms. The smallest absolute Gasteiger partial charge is 0.0175 e. The van der Waals surface area contributed by atoms with Crippen LogP contribution >= 0.6 is 28.3 Å². The maximum Gasteiger partial charge on any atom is 0.0175 e. The first kappa shape index (κ1) is 17.0. The highest BCUT2D eigenvalue weighted by molar-refractivity contribution is 9.10. The fraction of sp³-hybridized carbons (Fsp3) is 0.600. The van der Waals surface area contributed by atoms with E-state index in [1.165, 1.54) is 38.0 Å². The molecule has 4 heteroatoms. The number of hydrogen-bond acceptors (Lipinski definition) is 2. The molecule has 0 saturated carbocycles. The van der Waals surface area contributed by atoms with E-state index in [0.717, 1.165) is 23.4 Å². The molecule has 1 fully saturated rings. The van der Waals surface area contributed by atoms with E-state index in [0.29, 0.717) is 0 Å². The van der Waals surface area contributed by atoms with E-state index in [-0.39, 0.29) is 12.4 Å². The molecule has 1 aliphatic rings. The molecule has 1 aromatic rings. The average Bonchev–Trinajstić information content (AvgIpc) is 2.39. The molecule has 0 bridgehead atoms. The van der Waals surface area contributed by atoms with Gasteiger partial charge < -0.3 is 10.2 Å². The summed E-state index contributed by atoms with van der Waals surface area (Å²) in [6.07, 6.45) is 3.82. The topological polar surface area (TPSA) is 15.3 Å². The van der Waals surface area contributed by atoms with E-state index in [2.05, 4.69) is 57.5 Å². The molecular weight excluding hydrogens is 324 g/mol. The summed E-state index contributed by atoms with van der Waals surface area (Å²) < 4.78 is 1.16. The minimum atomic E-state index is 0. The van der Waals surface area contributed by atoms with Gasteiger partial charge in [0.1, 0.15) is 0 Å². The Bertz CT molecular complexity index is 350. The fourth-order valence-electron chi connectivity index (χ4n) is 2.57. The number of hydrogen-bond donors (Lipinski definition) is 1. The van der Waals surface area contributed by atoms with Crippen molar-refractivity contribution in [3.05, 3.63) is 34.3 Å². The summed E-state index contributed by atoms with van der Waals surface area (Å²) >= 11 is 3.47. The lowest BCUT2D eigenvalue weighted by molar-refractivity contribution is 0.242. The second kappa shape index (κ2) is 8.96. The maximum atomic E-state index is 3.47. The Morgan fingerprint density at radius 3 is 2.47 bits per heavy atom. The largest absolute Gasteiger partial charge is 0.317 e. The number of halogens is 2. The third-order valence-corrected chi connectivity index (χ3v) is 4.25. The molecule has 108 valence electrons. The lowest BCUT2D eigenvalue weighted by Crippen LogP contribution is -2.35. The van der Waals surface area contributed by atoms with Crippen molar-refractivity contribution in [3.8, 4) is 0 Å². The molecule has 0 unspecified atom stereocenters. The van der Waals surface area contributed by atoms with Crippen LogP contribution in [-0.2, 0) is 6.42 Å². The predicted molar refractivity (Wildman–Crippen MR) is 88.2 cm³/mol. The highest BCUT2D eigenvalue weighted by Crippen LogP contribution is 2.14. The molecule has 0 aromatic heterocycles. The summed E-state index contributed by atoms with van der Waals surface area (Å²) in [7, 11) is 2.25. The number of nitrogens with one attached hydrogen (secondary N) is 1. The molecule has 1 heterocycles. The second-order valence-electron chi connectivity index (χ2n) is 5.33. The summed E-state index contributed by atoms with van der Waals surface area (Å²) in [4.78, 5) is 2.48. The van der Waals surface area contributed by atoms with Crippen LogP contribution in [0.25, 0.3) is 0 Å². The highest BCUT2D eigenvalue weighted by atomic mass is 79.9. The van der Waals surface area contributed by atoms with E-state index in [9.17, 15) is 0 Å². The minimum absolute atomic E-state index is 0. The van der Waals surface area contributed by atoms with E-state index < -0.39 is 0 Å². The first-order chi connectivity index (χ1) is 8.74. The zero-order chi connectivity index (χ0) is 12.8. The van der Waals surface area contributed by atoms with Crippen molar-refractivity contribution in [2.45, 2.75) is 19.3 Å². The Hall–Kier alpha value is -0.0900. The van der Waals surface area contributed by atoms with Gasteiger partial charge in [-0.1, -0.05) is 28.1 Å². The van der Waals surface area contributed by atoms with Gasteiger partial charge in [-0.3, -0.25) is 0 Å². The summed E-state index contributed by atoms with van der Waals surface area (Å²) in [5.74, 6) is 0.890. The van der Waals surface area contributed by atoms with Crippen LogP contribution in [0.1, 0.15) is 18.4 Å². The van der Waals surface area contributed by atoms with E-state index in [4.69, 9.17) is 0 Å². The van der Waals surface area contributed by atoms with Gasteiger partial charge >= 0.3 is 0 Å². The van der Waals surface area contributed by atoms with Gasteiger partial charge in [-0.15, -0.1) is 12.4 Å². The third kappa shape index (κ3) is 6.26. The van der Waals surface area contributed by atoms with Gasteiger partial charge in [0, 0.05) is 17.6 Å². The second-order valence-corrected chi connectivity index (χ2v) is 6.25. The predicted octanol–water partition coefficient (Wildman–Crippen LogP) is 3.34. The summed E-state index contributed by atoms with van der Waals surface area (Å²) in [6.45, 7) is 4.81. The lowest BCUT2D eigenvalue weighted by atomic mass is 9.97. The van der Waals surface area contributed by atoms with Gasteiger partial charge in [-0.25, -0.2) is 0 Å². The van der Waals surface area contributed by atoms with Gasteiger partial charge in [0.05, 0.1) is 0 Å². The van der Waals surface area contributed by atoms with Crippen LogP contribution in [0.5, 0.6) is 0 Å². The molecule has 19 heavy (non-hydrogen) atoms. The van der Waals surface area contributed by atoms with Crippen LogP contribution in [0.4, 0.5) is 0 Å². The number of piperidine rings is 1. The number of rotatable bonds is 5. The van der Waals surface area contributed by atoms with Crippen molar-refractivity contribution in [1.29, 1.82) is 0 Å². The number of benzene rings is 1. The Kier molecular flexibility index (Phi) is 8.00. The van der Waals surface area contributed by atoms with Crippen molar-refractivity contribution in [2.75, 3.05) is 33.2 Å². The van der Waals surface area contributed by atoms with Crippen LogP contribution in [0.15, 0.2) is 28.7 Å². The van der Waals surface area contributed by atoms with Crippen LogP contribution in [-0.4, -0.2) is 38.1 Å². The molecule has 0 aliphatic carbocycles. The summed E-state index contributed by atoms with van der Waals surface area (Å²) in [5.41, 5.74) is 1.43. The SMILES string of the molecule is CN(CCc1ccc(Br)cc1)CC1CCNCC1.Cl. The van der Waals surface area contributed by atoms with Crippen molar-refractivity contribution in [2.24, 2.45) is 5.92 Å². The van der Waals surface area contributed by atoms with Crippen molar-refractivity contribution >= 4 is 28.3 Å². The Balaban J connectivity index is 0.00000180. The van der Waals surface area contributed by atoms with Crippen LogP contribution in [0, 0.1) is 5.92 Å². The summed E-state index contributed by atoms with van der Waals surface area (Å²) in [5, 5.41) is 3.43. The first-order valence-electron chi connectivity index (χ1n) is 6.88. The van der Waals surface area contributed by atoms with Gasteiger partial charge in [-0.2, -0.15) is 0 Å². The van der Waals surface area contributed by atoms with E-state index in [1.807, 2.05) is 0 Å². The quantitative estimate of drug-likeness (QED) is 0.879. The standard InChI is InChI=1S/C15H23BrN2.ClH/c1-18(12-14-6-9-17-10-7-14)11-8-13-2-4-15(16)5-3-13;/h2-5,14,17H,6-12H2,1H3;1H. The molecule has 2 rings (SSSR count). The molecule has 1 aromatic carbocycles. The molecular formula is C15H24BrClN2. The zero-order valence-corrected chi connectivity index (χ0v) is 14.0. The van der Waals surface area contributed by atoms with Crippen LogP contribution in [0.3, 0.4) is 0 Å². The molecule has 1 aliphatic heterocycles. The minimum Gasteiger partial charge on any atom is -0.317 e. The highest BCUT2D eigenvalue weighted by Gasteiger charge is 2.14. The summed E-state index contributed by atoms with van der Waals surface area (Å²) in [6, 6.07) is 8.68. The molecule has 1 N–H and O–H groups in total. The lowest BCUT2D eigenvalue weighted by Gasteiger charge is -2.27. The Morgan fingerprint density at radius 2 is 1.84 bits per heavy atom. The Labute approximate surface area is 131 Å². The van der Waals surface area contributed by atoms with Crippen molar-refractivity contribution < 1.29 is 0 Å². The Morgan fingerprint density at radius 1 is 1.21 bits per heavy atom. The average molecular weight is 348 g/mol. The zero-order valence-electron chi connectivity index (χ0n) is 11.6. The third-order valence-electron chi connectivity index (χ3n) is 3.72.